The van der Waals surface area contributed by atoms with E-state index in [0.717, 1.165) is 5.39 Å². The third kappa shape index (κ3) is 2.09. The van der Waals surface area contributed by atoms with Crippen LogP contribution in [0.2, 0.25) is 0 Å². The van der Waals surface area contributed by atoms with E-state index in [1.165, 1.54) is 11.3 Å². The average molecular weight is 268 g/mol. The molecule has 4 nitrogen and oxygen atoms in total. The van der Waals surface area contributed by atoms with Gasteiger partial charge in [-0.1, -0.05) is 18.2 Å². The van der Waals surface area contributed by atoms with Gasteiger partial charge in [-0.2, -0.15) is 5.26 Å². The molecule has 1 N–H and O–H groups in total. The number of hydrogen-bond acceptors (Lipinski definition) is 4. The Morgan fingerprint density at radius 3 is 2.95 bits per heavy atom. The molecule has 0 atom stereocenters. The number of furan rings is 1. The molecule has 2 heterocycles. The van der Waals surface area contributed by atoms with Crippen molar-refractivity contribution in [2.24, 2.45) is 0 Å². The molecule has 0 fully saturated rings. The summed E-state index contributed by atoms with van der Waals surface area (Å²) in [5.74, 6) is -0.117. The molecule has 2 aromatic heterocycles. The van der Waals surface area contributed by atoms with Gasteiger partial charge < -0.3 is 9.73 Å². The highest BCUT2D eigenvalue weighted by Gasteiger charge is 2.14. The summed E-state index contributed by atoms with van der Waals surface area (Å²) in [6, 6.07) is 12.8. The van der Waals surface area contributed by atoms with Crippen molar-refractivity contribution < 1.29 is 9.21 Å². The Bertz CT molecular complexity index is 762. The van der Waals surface area contributed by atoms with Crippen molar-refractivity contribution >= 4 is 33.2 Å². The van der Waals surface area contributed by atoms with E-state index in [4.69, 9.17) is 9.68 Å². The summed E-state index contributed by atoms with van der Waals surface area (Å²) in [6.45, 7) is 0. The first kappa shape index (κ1) is 11.5. The van der Waals surface area contributed by atoms with Crippen LogP contribution in [0.15, 0.2) is 46.2 Å². The maximum absolute atomic E-state index is 12.0. The summed E-state index contributed by atoms with van der Waals surface area (Å²) in [6.07, 6.45) is 0. The maximum atomic E-state index is 12.0. The molecule has 0 aliphatic carbocycles. The van der Waals surface area contributed by atoms with E-state index in [2.05, 4.69) is 5.32 Å². The molecule has 1 amide bonds. The minimum Gasteiger partial charge on any atom is -0.451 e. The molecule has 0 saturated carbocycles. The zero-order chi connectivity index (χ0) is 13.2. The molecule has 0 aliphatic heterocycles. The van der Waals surface area contributed by atoms with Crippen molar-refractivity contribution in [2.45, 2.75) is 0 Å². The fourth-order valence-corrected chi connectivity index (χ4v) is 2.49. The highest BCUT2D eigenvalue weighted by molar-refractivity contribution is 7.14. The summed E-state index contributed by atoms with van der Waals surface area (Å²) >= 11 is 1.31. The maximum Gasteiger partial charge on any atom is 0.292 e. The Balaban J connectivity index is 1.90. The molecule has 3 aromatic rings. The van der Waals surface area contributed by atoms with Gasteiger partial charge in [-0.15, -0.1) is 11.3 Å². The molecule has 0 radical (unpaired) electrons. The molecule has 5 heteroatoms. The molecule has 0 spiro atoms. The number of para-hydroxylation sites is 1. The van der Waals surface area contributed by atoms with Crippen molar-refractivity contribution in [3.8, 4) is 6.07 Å². The first-order valence-corrected chi connectivity index (χ1v) is 6.43. The predicted molar refractivity (Wildman–Crippen MR) is 73.2 cm³/mol. The molecule has 92 valence electrons. The Morgan fingerprint density at radius 2 is 2.16 bits per heavy atom. The fourth-order valence-electron chi connectivity index (χ4n) is 1.75. The summed E-state index contributed by atoms with van der Waals surface area (Å²) in [5.41, 5.74) is 1.12. The minimum atomic E-state index is -0.352. The van der Waals surface area contributed by atoms with E-state index in [-0.39, 0.29) is 11.7 Å². The SMILES string of the molecule is N#Cc1ccsc1NC(=O)c1cc2ccccc2o1. The van der Waals surface area contributed by atoms with Gasteiger partial charge in [0.25, 0.3) is 5.91 Å². The monoisotopic (exact) mass is 268 g/mol. The Labute approximate surface area is 112 Å². The van der Waals surface area contributed by atoms with E-state index in [0.29, 0.717) is 16.1 Å². The van der Waals surface area contributed by atoms with E-state index < -0.39 is 0 Å². The number of nitriles is 1. The molecule has 0 bridgehead atoms. The van der Waals surface area contributed by atoms with Crippen LogP contribution in [0, 0.1) is 11.3 Å². The van der Waals surface area contributed by atoms with Crippen LogP contribution in [-0.4, -0.2) is 5.91 Å². The van der Waals surface area contributed by atoms with Gasteiger partial charge in [-0.05, 0) is 23.6 Å². The number of benzene rings is 1. The molecule has 19 heavy (non-hydrogen) atoms. The van der Waals surface area contributed by atoms with Crippen LogP contribution < -0.4 is 5.32 Å². The molecular formula is C14H8N2O2S. The van der Waals surface area contributed by atoms with E-state index in [9.17, 15) is 4.79 Å². The Hall–Kier alpha value is -2.58. The van der Waals surface area contributed by atoms with Crippen LogP contribution in [0.4, 0.5) is 5.00 Å². The zero-order valence-corrected chi connectivity index (χ0v) is 10.5. The van der Waals surface area contributed by atoms with Gasteiger partial charge in [-0.3, -0.25) is 4.79 Å². The summed E-state index contributed by atoms with van der Waals surface area (Å²) in [5, 5.41) is 14.7. The third-order valence-corrected chi connectivity index (χ3v) is 3.49. The third-order valence-electron chi connectivity index (χ3n) is 2.66. The second kappa shape index (κ2) is 4.59. The standard InChI is InChI=1S/C14H8N2O2S/c15-8-10-5-6-19-14(10)16-13(17)12-7-9-3-1-2-4-11(9)18-12/h1-7H,(H,16,17). The molecule has 3 rings (SSSR count). The number of fused-ring (bicyclic) bond motifs is 1. The van der Waals surface area contributed by atoms with E-state index in [1.807, 2.05) is 24.3 Å². The van der Waals surface area contributed by atoms with Crippen LogP contribution >= 0.6 is 11.3 Å². The van der Waals surface area contributed by atoms with Crippen molar-refractivity contribution in [3.05, 3.63) is 53.1 Å². The van der Waals surface area contributed by atoms with Crippen molar-refractivity contribution in [2.75, 3.05) is 5.32 Å². The number of thiophene rings is 1. The highest BCUT2D eigenvalue weighted by atomic mass is 32.1. The topological polar surface area (TPSA) is 66.0 Å². The number of amides is 1. The second-order valence-corrected chi connectivity index (χ2v) is 4.79. The Kier molecular flexibility index (Phi) is 2.78. The number of nitrogens with one attached hydrogen (secondary N) is 1. The van der Waals surface area contributed by atoms with Gasteiger partial charge in [-0.25, -0.2) is 0 Å². The molecule has 0 unspecified atom stereocenters. The number of carbonyl (C=O) groups excluding carboxylic acids is 1. The second-order valence-electron chi connectivity index (χ2n) is 3.88. The first-order chi connectivity index (χ1) is 9.28. The number of nitrogens with zero attached hydrogens (tertiary/aromatic N) is 1. The normalized spacial score (nSPS) is 10.3. The molecular weight excluding hydrogens is 260 g/mol. The summed E-state index contributed by atoms with van der Waals surface area (Å²) < 4.78 is 5.46. The van der Waals surface area contributed by atoms with Gasteiger partial charge in [0, 0.05) is 5.39 Å². The molecule has 0 aliphatic rings. The van der Waals surface area contributed by atoms with Crippen LogP contribution in [0.5, 0.6) is 0 Å². The lowest BCUT2D eigenvalue weighted by Gasteiger charge is -1.99. The number of rotatable bonds is 2. The minimum absolute atomic E-state index is 0.235. The zero-order valence-electron chi connectivity index (χ0n) is 9.71. The number of hydrogen-bond donors (Lipinski definition) is 1. The van der Waals surface area contributed by atoms with Gasteiger partial charge in [0.1, 0.15) is 16.7 Å². The van der Waals surface area contributed by atoms with Crippen molar-refractivity contribution in [1.82, 2.24) is 0 Å². The largest absolute Gasteiger partial charge is 0.451 e. The first-order valence-electron chi connectivity index (χ1n) is 5.55. The average Bonchev–Trinajstić information content (AvgIpc) is 3.03. The van der Waals surface area contributed by atoms with Crippen LogP contribution in [0.3, 0.4) is 0 Å². The summed E-state index contributed by atoms with van der Waals surface area (Å²) in [4.78, 5) is 12.0. The van der Waals surface area contributed by atoms with E-state index >= 15 is 0 Å². The van der Waals surface area contributed by atoms with Crippen molar-refractivity contribution in [3.63, 3.8) is 0 Å². The number of carbonyl (C=O) groups is 1. The highest BCUT2D eigenvalue weighted by Crippen LogP contribution is 2.24. The Morgan fingerprint density at radius 1 is 1.32 bits per heavy atom. The lowest BCUT2D eigenvalue weighted by molar-refractivity contribution is 0.0999. The van der Waals surface area contributed by atoms with Crippen LogP contribution in [0.25, 0.3) is 11.0 Å². The molecule has 0 saturated heterocycles. The van der Waals surface area contributed by atoms with Crippen molar-refractivity contribution in [1.29, 1.82) is 5.26 Å². The lowest BCUT2D eigenvalue weighted by atomic mass is 10.2. The quantitative estimate of drug-likeness (QED) is 0.772. The van der Waals surface area contributed by atoms with Gasteiger partial charge in [0.05, 0.1) is 5.56 Å². The fraction of sp³-hybridized carbons (Fsp3) is 0. The van der Waals surface area contributed by atoms with Crippen LogP contribution in [0.1, 0.15) is 16.1 Å². The van der Waals surface area contributed by atoms with Crippen LogP contribution in [-0.2, 0) is 0 Å². The predicted octanol–water partition coefficient (Wildman–Crippen LogP) is 3.62. The molecule has 1 aromatic carbocycles. The van der Waals surface area contributed by atoms with Gasteiger partial charge in [0.2, 0.25) is 0 Å². The summed E-state index contributed by atoms with van der Waals surface area (Å²) in [7, 11) is 0. The lowest BCUT2D eigenvalue weighted by Crippen LogP contribution is -2.10. The number of anilines is 1. The van der Waals surface area contributed by atoms with Gasteiger partial charge in [0.15, 0.2) is 5.76 Å². The van der Waals surface area contributed by atoms with Gasteiger partial charge >= 0.3 is 0 Å². The smallest absolute Gasteiger partial charge is 0.292 e. The van der Waals surface area contributed by atoms with E-state index in [1.54, 1.807) is 23.6 Å².